The van der Waals surface area contributed by atoms with Crippen LogP contribution in [0.2, 0.25) is 0 Å². The second-order valence-electron chi connectivity index (χ2n) is 4.31. The van der Waals surface area contributed by atoms with Crippen LogP contribution < -0.4 is 10.5 Å². The molecular weight excluding hydrogens is 235 g/mol. The van der Waals surface area contributed by atoms with E-state index < -0.39 is 5.82 Å². The molecule has 0 aliphatic carbocycles. The lowest BCUT2D eigenvalue weighted by Gasteiger charge is -2.16. The largest absolute Gasteiger partial charge is 0.480 e. The van der Waals surface area contributed by atoms with Gasteiger partial charge in [0.2, 0.25) is 0 Å². The van der Waals surface area contributed by atoms with Crippen molar-refractivity contribution in [1.29, 1.82) is 0 Å². The van der Waals surface area contributed by atoms with Gasteiger partial charge in [-0.3, -0.25) is 4.79 Å². The van der Waals surface area contributed by atoms with Crippen molar-refractivity contribution in [3.05, 3.63) is 29.6 Å². The van der Waals surface area contributed by atoms with E-state index in [9.17, 15) is 9.18 Å². The Bertz CT molecular complexity index is 431. The molecule has 1 aromatic rings. The van der Waals surface area contributed by atoms with Crippen LogP contribution in [0.3, 0.4) is 0 Å². The number of rotatable bonds is 4. The standard InChI is InChI=1S/C13H17FN2O2/c14-11-5-3-4-10(8-15)13(11)18-9-12(17)16-6-1-2-7-16/h3-5H,1-2,6-9,15H2. The van der Waals surface area contributed by atoms with Crippen LogP contribution in [0.4, 0.5) is 4.39 Å². The van der Waals surface area contributed by atoms with Gasteiger partial charge in [0.15, 0.2) is 18.2 Å². The predicted octanol–water partition coefficient (Wildman–Crippen LogP) is 1.29. The molecule has 0 unspecified atom stereocenters. The Morgan fingerprint density at radius 2 is 2.11 bits per heavy atom. The number of nitrogens with two attached hydrogens (primary N) is 1. The number of halogens is 1. The fourth-order valence-electron chi connectivity index (χ4n) is 2.07. The summed E-state index contributed by atoms with van der Waals surface area (Å²) in [6, 6.07) is 4.57. The van der Waals surface area contributed by atoms with Gasteiger partial charge in [0.05, 0.1) is 0 Å². The lowest BCUT2D eigenvalue weighted by molar-refractivity contribution is -0.132. The van der Waals surface area contributed by atoms with Crippen molar-refractivity contribution in [2.75, 3.05) is 19.7 Å². The number of carbonyl (C=O) groups excluding carboxylic acids is 1. The highest BCUT2D eigenvalue weighted by molar-refractivity contribution is 5.78. The quantitative estimate of drug-likeness (QED) is 0.878. The molecule has 0 atom stereocenters. The zero-order chi connectivity index (χ0) is 13.0. The number of nitrogens with zero attached hydrogens (tertiary/aromatic N) is 1. The minimum Gasteiger partial charge on any atom is -0.480 e. The van der Waals surface area contributed by atoms with E-state index >= 15 is 0 Å². The molecule has 1 fully saturated rings. The molecule has 1 heterocycles. The van der Waals surface area contributed by atoms with Gasteiger partial charge in [0.1, 0.15) is 0 Å². The van der Waals surface area contributed by atoms with Gasteiger partial charge in [-0.05, 0) is 18.9 Å². The summed E-state index contributed by atoms with van der Waals surface area (Å²) in [6.07, 6.45) is 2.05. The van der Waals surface area contributed by atoms with E-state index in [1.54, 1.807) is 17.0 Å². The average Bonchev–Trinajstić information content (AvgIpc) is 2.90. The molecule has 1 aromatic carbocycles. The molecule has 2 rings (SSSR count). The summed E-state index contributed by atoms with van der Waals surface area (Å²) in [5, 5.41) is 0. The zero-order valence-electron chi connectivity index (χ0n) is 10.2. The lowest BCUT2D eigenvalue weighted by atomic mass is 10.2. The summed E-state index contributed by atoms with van der Waals surface area (Å²) < 4.78 is 18.8. The van der Waals surface area contributed by atoms with E-state index in [-0.39, 0.29) is 24.8 Å². The fourth-order valence-corrected chi connectivity index (χ4v) is 2.07. The Morgan fingerprint density at radius 1 is 1.39 bits per heavy atom. The number of ether oxygens (including phenoxy) is 1. The number of hydrogen-bond acceptors (Lipinski definition) is 3. The monoisotopic (exact) mass is 252 g/mol. The third-order valence-electron chi connectivity index (χ3n) is 3.07. The molecule has 0 aromatic heterocycles. The third-order valence-corrected chi connectivity index (χ3v) is 3.07. The minimum absolute atomic E-state index is 0.0903. The molecule has 0 bridgehead atoms. The Balaban J connectivity index is 1.99. The van der Waals surface area contributed by atoms with Crippen molar-refractivity contribution < 1.29 is 13.9 Å². The maximum atomic E-state index is 13.6. The molecule has 4 nitrogen and oxygen atoms in total. The number of benzene rings is 1. The topological polar surface area (TPSA) is 55.6 Å². The van der Waals surface area contributed by atoms with Crippen LogP contribution in [-0.2, 0) is 11.3 Å². The van der Waals surface area contributed by atoms with Crippen LogP contribution in [0.15, 0.2) is 18.2 Å². The third kappa shape index (κ3) is 2.79. The second kappa shape index (κ2) is 5.82. The predicted molar refractivity (Wildman–Crippen MR) is 65.6 cm³/mol. The van der Waals surface area contributed by atoms with Crippen molar-refractivity contribution in [2.45, 2.75) is 19.4 Å². The van der Waals surface area contributed by atoms with Gasteiger partial charge < -0.3 is 15.4 Å². The van der Waals surface area contributed by atoms with Crippen molar-refractivity contribution in [1.82, 2.24) is 4.90 Å². The van der Waals surface area contributed by atoms with Crippen molar-refractivity contribution in [2.24, 2.45) is 5.73 Å². The van der Waals surface area contributed by atoms with Crippen molar-refractivity contribution >= 4 is 5.91 Å². The highest BCUT2D eigenvalue weighted by Gasteiger charge is 2.19. The Labute approximate surface area is 106 Å². The summed E-state index contributed by atoms with van der Waals surface area (Å²) in [4.78, 5) is 13.5. The number of hydrogen-bond donors (Lipinski definition) is 1. The van der Waals surface area contributed by atoms with Gasteiger partial charge in [-0.25, -0.2) is 4.39 Å². The molecule has 0 spiro atoms. The first kappa shape index (κ1) is 12.8. The van der Waals surface area contributed by atoms with Crippen LogP contribution >= 0.6 is 0 Å². The molecule has 18 heavy (non-hydrogen) atoms. The van der Waals surface area contributed by atoms with Gasteiger partial charge in [0, 0.05) is 25.2 Å². The number of likely N-dealkylation sites (tertiary alicyclic amines) is 1. The smallest absolute Gasteiger partial charge is 0.260 e. The molecule has 0 saturated carbocycles. The molecule has 0 radical (unpaired) electrons. The number of para-hydroxylation sites is 1. The minimum atomic E-state index is -0.479. The molecule has 1 saturated heterocycles. The van der Waals surface area contributed by atoms with Gasteiger partial charge in [0.25, 0.3) is 5.91 Å². The highest BCUT2D eigenvalue weighted by Crippen LogP contribution is 2.22. The van der Waals surface area contributed by atoms with Crippen LogP contribution in [-0.4, -0.2) is 30.5 Å². The van der Waals surface area contributed by atoms with Crippen molar-refractivity contribution in [3.8, 4) is 5.75 Å². The lowest BCUT2D eigenvalue weighted by Crippen LogP contribution is -2.32. The van der Waals surface area contributed by atoms with Crippen LogP contribution in [0.25, 0.3) is 0 Å². The molecular formula is C13H17FN2O2. The summed E-state index contributed by atoms with van der Waals surface area (Å²) in [7, 11) is 0. The maximum absolute atomic E-state index is 13.6. The molecule has 1 aliphatic heterocycles. The SMILES string of the molecule is NCc1cccc(F)c1OCC(=O)N1CCCC1. The van der Waals surface area contributed by atoms with E-state index in [0.717, 1.165) is 25.9 Å². The Morgan fingerprint density at radius 3 is 2.78 bits per heavy atom. The molecule has 98 valence electrons. The molecule has 1 aliphatic rings. The van der Waals surface area contributed by atoms with Gasteiger partial charge >= 0.3 is 0 Å². The van der Waals surface area contributed by atoms with E-state index in [2.05, 4.69) is 0 Å². The number of carbonyl (C=O) groups is 1. The molecule has 2 N–H and O–H groups in total. The Kier molecular flexibility index (Phi) is 4.15. The van der Waals surface area contributed by atoms with Crippen LogP contribution in [0, 0.1) is 5.82 Å². The zero-order valence-corrected chi connectivity index (χ0v) is 10.2. The van der Waals surface area contributed by atoms with E-state index in [4.69, 9.17) is 10.5 Å². The first-order chi connectivity index (χ1) is 8.72. The average molecular weight is 252 g/mol. The molecule has 5 heteroatoms. The molecule has 1 amide bonds. The van der Waals surface area contributed by atoms with E-state index in [0.29, 0.717) is 5.56 Å². The summed E-state index contributed by atoms with van der Waals surface area (Å²) in [5.41, 5.74) is 6.08. The number of amides is 1. The first-order valence-electron chi connectivity index (χ1n) is 6.10. The Hall–Kier alpha value is -1.62. The summed E-state index contributed by atoms with van der Waals surface area (Å²) >= 11 is 0. The normalized spacial score (nSPS) is 14.9. The summed E-state index contributed by atoms with van der Waals surface area (Å²) in [5.74, 6) is -0.488. The fraction of sp³-hybridized carbons (Fsp3) is 0.462. The van der Waals surface area contributed by atoms with Crippen LogP contribution in [0.1, 0.15) is 18.4 Å². The maximum Gasteiger partial charge on any atom is 0.260 e. The van der Waals surface area contributed by atoms with Gasteiger partial charge in [-0.2, -0.15) is 0 Å². The second-order valence-corrected chi connectivity index (χ2v) is 4.31. The van der Waals surface area contributed by atoms with E-state index in [1.807, 2.05) is 0 Å². The van der Waals surface area contributed by atoms with Crippen LogP contribution in [0.5, 0.6) is 5.75 Å². The summed E-state index contributed by atoms with van der Waals surface area (Å²) in [6.45, 7) is 1.59. The van der Waals surface area contributed by atoms with Crippen molar-refractivity contribution in [3.63, 3.8) is 0 Å². The highest BCUT2D eigenvalue weighted by atomic mass is 19.1. The van der Waals surface area contributed by atoms with E-state index in [1.165, 1.54) is 6.07 Å². The van der Waals surface area contributed by atoms with Gasteiger partial charge in [-0.15, -0.1) is 0 Å². The van der Waals surface area contributed by atoms with Gasteiger partial charge in [-0.1, -0.05) is 12.1 Å². The first-order valence-corrected chi connectivity index (χ1v) is 6.10.